The Morgan fingerprint density at radius 2 is 2.22 bits per heavy atom. The van der Waals surface area contributed by atoms with Crippen molar-refractivity contribution in [2.45, 2.75) is 44.8 Å². The fraction of sp³-hybridized carbons (Fsp3) is 0.588. The van der Waals surface area contributed by atoms with Crippen molar-refractivity contribution in [2.24, 2.45) is 5.92 Å². The summed E-state index contributed by atoms with van der Waals surface area (Å²) in [5, 5.41) is 14.2. The first-order chi connectivity index (χ1) is 11.1. The van der Waals surface area contributed by atoms with Gasteiger partial charge >= 0.3 is 0 Å². The van der Waals surface area contributed by atoms with Gasteiger partial charge in [-0.1, -0.05) is 18.0 Å². The third kappa shape index (κ3) is 3.76. The summed E-state index contributed by atoms with van der Waals surface area (Å²) in [7, 11) is 2.04. The second-order valence-corrected chi connectivity index (χ2v) is 6.43. The highest BCUT2D eigenvalue weighted by molar-refractivity contribution is 5.51. The molecule has 2 heterocycles. The van der Waals surface area contributed by atoms with Crippen LogP contribution < -0.4 is 0 Å². The summed E-state index contributed by atoms with van der Waals surface area (Å²) in [6.45, 7) is 2.89. The Labute approximate surface area is 136 Å². The lowest BCUT2D eigenvalue weighted by Crippen LogP contribution is -2.36. The molecule has 2 aromatic rings. The molecule has 3 unspecified atom stereocenters. The van der Waals surface area contributed by atoms with Gasteiger partial charge in [-0.2, -0.15) is 4.98 Å². The first kappa shape index (κ1) is 16.1. The molecule has 0 aromatic carbocycles. The molecule has 6 nitrogen and oxygen atoms in total. The maximum absolute atomic E-state index is 10.1. The van der Waals surface area contributed by atoms with E-state index < -0.39 is 0 Å². The summed E-state index contributed by atoms with van der Waals surface area (Å²) in [5.74, 6) is 1.49. The van der Waals surface area contributed by atoms with Gasteiger partial charge in [0.05, 0.1) is 12.1 Å². The molecule has 6 heteroatoms. The molecule has 0 amide bonds. The molecule has 23 heavy (non-hydrogen) atoms. The average Bonchev–Trinajstić information content (AvgIpc) is 3.07. The van der Waals surface area contributed by atoms with Crippen molar-refractivity contribution in [3.63, 3.8) is 0 Å². The van der Waals surface area contributed by atoms with Crippen molar-refractivity contribution < 1.29 is 9.63 Å². The molecule has 1 fully saturated rings. The number of aromatic nitrogens is 3. The third-order valence-corrected chi connectivity index (χ3v) is 4.77. The lowest BCUT2D eigenvalue weighted by atomic mass is 9.86. The highest BCUT2D eigenvalue weighted by Gasteiger charge is 2.27. The van der Waals surface area contributed by atoms with Gasteiger partial charge in [-0.15, -0.1) is 0 Å². The number of hydrogen-bond donors (Lipinski definition) is 1. The van der Waals surface area contributed by atoms with E-state index in [0.29, 0.717) is 17.6 Å². The minimum atomic E-state index is -0.188. The summed E-state index contributed by atoms with van der Waals surface area (Å²) in [6.07, 6.45) is 7.59. The van der Waals surface area contributed by atoms with Gasteiger partial charge in [-0.3, -0.25) is 9.88 Å². The van der Waals surface area contributed by atoms with Gasteiger partial charge in [0.15, 0.2) is 0 Å². The Kier molecular flexibility index (Phi) is 5.03. The molecule has 0 saturated heterocycles. The van der Waals surface area contributed by atoms with Crippen molar-refractivity contribution >= 4 is 0 Å². The SMILES string of the molecule is CC(c1nc(-c2cccnc2)no1)N(C)CC1CCCCC1O. The molecule has 2 aromatic heterocycles. The number of pyridine rings is 1. The van der Waals surface area contributed by atoms with Crippen molar-refractivity contribution in [1.82, 2.24) is 20.0 Å². The summed E-state index contributed by atoms with van der Waals surface area (Å²) in [6, 6.07) is 3.78. The van der Waals surface area contributed by atoms with E-state index in [4.69, 9.17) is 4.52 Å². The van der Waals surface area contributed by atoms with Crippen LogP contribution in [0.2, 0.25) is 0 Å². The van der Waals surface area contributed by atoms with Crippen LogP contribution in [0, 0.1) is 5.92 Å². The fourth-order valence-corrected chi connectivity index (χ4v) is 3.13. The molecular formula is C17H24N4O2. The summed E-state index contributed by atoms with van der Waals surface area (Å²) in [4.78, 5) is 10.7. The van der Waals surface area contributed by atoms with E-state index in [1.807, 2.05) is 19.2 Å². The number of rotatable bonds is 5. The molecule has 0 bridgehead atoms. The first-order valence-electron chi connectivity index (χ1n) is 8.27. The molecule has 0 radical (unpaired) electrons. The number of hydrogen-bond acceptors (Lipinski definition) is 6. The normalized spacial score (nSPS) is 23.1. The highest BCUT2D eigenvalue weighted by atomic mass is 16.5. The predicted molar refractivity (Wildman–Crippen MR) is 86.5 cm³/mol. The van der Waals surface area contributed by atoms with E-state index in [0.717, 1.165) is 31.4 Å². The van der Waals surface area contributed by atoms with Crippen LogP contribution in [0.15, 0.2) is 29.0 Å². The van der Waals surface area contributed by atoms with E-state index >= 15 is 0 Å². The fourth-order valence-electron chi connectivity index (χ4n) is 3.13. The van der Waals surface area contributed by atoms with E-state index in [9.17, 15) is 5.11 Å². The van der Waals surface area contributed by atoms with Crippen molar-refractivity contribution in [3.05, 3.63) is 30.4 Å². The van der Waals surface area contributed by atoms with Gasteiger partial charge in [-0.25, -0.2) is 0 Å². The van der Waals surface area contributed by atoms with Gasteiger partial charge in [0.1, 0.15) is 0 Å². The van der Waals surface area contributed by atoms with E-state index in [1.54, 1.807) is 12.4 Å². The minimum Gasteiger partial charge on any atom is -0.393 e. The van der Waals surface area contributed by atoms with Crippen LogP contribution in [0.5, 0.6) is 0 Å². The minimum absolute atomic E-state index is 0.0158. The highest BCUT2D eigenvalue weighted by Crippen LogP contribution is 2.28. The standard InChI is InChI=1S/C17H24N4O2/c1-12(21(2)11-14-6-3-4-8-15(14)22)17-19-16(20-23-17)13-7-5-9-18-10-13/h5,7,9-10,12,14-15,22H,3-4,6,8,11H2,1-2H3. The molecule has 1 saturated carbocycles. The van der Waals surface area contributed by atoms with Crippen LogP contribution in [-0.4, -0.2) is 44.8 Å². The van der Waals surface area contributed by atoms with Gasteiger partial charge in [-0.05, 0) is 44.9 Å². The van der Waals surface area contributed by atoms with Crippen LogP contribution in [0.25, 0.3) is 11.4 Å². The van der Waals surface area contributed by atoms with Crippen molar-refractivity contribution in [3.8, 4) is 11.4 Å². The maximum Gasteiger partial charge on any atom is 0.244 e. The second-order valence-electron chi connectivity index (χ2n) is 6.43. The smallest absolute Gasteiger partial charge is 0.244 e. The topological polar surface area (TPSA) is 75.3 Å². The van der Waals surface area contributed by atoms with Crippen LogP contribution in [0.1, 0.15) is 44.5 Å². The van der Waals surface area contributed by atoms with Crippen LogP contribution in [0.3, 0.4) is 0 Å². The summed E-state index contributed by atoms with van der Waals surface area (Å²) >= 11 is 0. The van der Waals surface area contributed by atoms with E-state index in [1.165, 1.54) is 6.42 Å². The zero-order valence-electron chi connectivity index (χ0n) is 13.7. The number of aliphatic hydroxyl groups is 1. The lowest BCUT2D eigenvalue weighted by Gasteiger charge is -2.32. The lowest BCUT2D eigenvalue weighted by molar-refractivity contribution is 0.0415. The monoisotopic (exact) mass is 316 g/mol. The van der Waals surface area contributed by atoms with E-state index in [-0.39, 0.29) is 12.1 Å². The van der Waals surface area contributed by atoms with Crippen molar-refractivity contribution in [1.29, 1.82) is 0 Å². The zero-order valence-corrected chi connectivity index (χ0v) is 13.7. The maximum atomic E-state index is 10.1. The summed E-state index contributed by atoms with van der Waals surface area (Å²) in [5.41, 5.74) is 0.847. The Bertz CT molecular complexity index is 616. The predicted octanol–water partition coefficient (Wildman–Crippen LogP) is 2.68. The third-order valence-electron chi connectivity index (χ3n) is 4.77. The van der Waals surface area contributed by atoms with Crippen LogP contribution in [0.4, 0.5) is 0 Å². The Balaban J connectivity index is 1.65. The van der Waals surface area contributed by atoms with Gasteiger partial charge in [0, 0.05) is 24.5 Å². The molecule has 3 atom stereocenters. The second kappa shape index (κ2) is 7.19. The van der Waals surface area contributed by atoms with E-state index in [2.05, 4.69) is 26.9 Å². The van der Waals surface area contributed by atoms with Gasteiger partial charge in [0.25, 0.3) is 0 Å². The van der Waals surface area contributed by atoms with Crippen molar-refractivity contribution in [2.75, 3.05) is 13.6 Å². The van der Waals surface area contributed by atoms with Crippen LogP contribution in [-0.2, 0) is 0 Å². The number of aliphatic hydroxyl groups excluding tert-OH is 1. The molecular weight excluding hydrogens is 292 g/mol. The molecule has 1 aliphatic rings. The average molecular weight is 316 g/mol. The number of nitrogens with zero attached hydrogens (tertiary/aromatic N) is 4. The molecule has 124 valence electrons. The van der Waals surface area contributed by atoms with Crippen LogP contribution >= 0.6 is 0 Å². The zero-order chi connectivity index (χ0) is 16.2. The largest absolute Gasteiger partial charge is 0.393 e. The molecule has 1 aliphatic carbocycles. The van der Waals surface area contributed by atoms with Gasteiger partial charge in [0.2, 0.25) is 11.7 Å². The molecule has 0 spiro atoms. The first-order valence-corrected chi connectivity index (χ1v) is 8.27. The van der Waals surface area contributed by atoms with Gasteiger partial charge < -0.3 is 9.63 Å². The summed E-state index contributed by atoms with van der Waals surface area (Å²) < 4.78 is 5.42. The molecule has 0 aliphatic heterocycles. The Morgan fingerprint density at radius 1 is 1.39 bits per heavy atom. The quantitative estimate of drug-likeness (QED) is 0.914. The molecule has 3 rings (SSSR count). The molecule has 1 N–H and O–H groups in total. The Morgan fingerprint density at radius 3 is 2.96 bits per heavy atom. The Hall–Kier alpha value is -1.79.